The van der Waals surface area contributed by atoms with Gasteiger partial charge in [-0.1, -0.05) is 32.4 Å². The minimum Gasteiger partial charge on any atom is -0.481 e. The Morgan fingerprint density at radius 2 is 1.88 bits per heavy atom. The molecule has 0 heterocycles. The average Bonchev–Trinajstić information content (AvgIpc) is 2.49. The number of aliphatic carboxylic acids is 1. The Hall–Kier alpha value is -2.04. The van der Waals surface area contributed by atoms with Crippen molar-refractivity contribution < 1.29 is 19.4 Å². The number of nitrogens with one attached hydrogen (secondary N) is 1. The SMILES string of the molecule is Cc1ccc(C(C)C)c(OC(C)C(=O)NCCCCCC(=O)O)c1. The number of benzene rings is 1. The molecule has 1 rings (SSSR count). The van der Waals surface area contributed by atoms with Gasteiger partial charge in [0.05, 0.1) is 0 Å². The van der Waals surface area contributed by atoms with Crippen LogP contribution in [-0.4, -0.2) is 29.6 Å². The van der Waals surface area contributed by atoms with Crippen LogP contribution >= 0.6 is 0 Å². The highest BCUT2D eigenvalue weighted by Crippen LogP contribution is 2.28. The number of carboxylic acids is 1. The van der Waals surface area contributed by atoms with Crippen molar-refractivity contribution in [3.63, 3.8) is 0 Å². The molecule has 0 aliphatic heterocycles. The van der Waals surface area contributed by atoms with Crippen LogP contribution < -0.4 is 10.1 Å². The Bertz CT molecular complexity index is 554. The quantitative estimate of drug-likeness (QED) is 0.640. The molecular weight excluding hydrogens is 306 g/mol. The van der Waals surface area contributed by atoms with Crippen LogP contribution in [0, 0.1) is 6.92 Å². The Morgan fingerprint density at radius 1 is 1.17 bits per heavy atom. The molecule has 1 unspecified atom stereocenters. The normalized spacial score (nSPS) is 12.0. The highest BCUT2D eigenvalue weighted by Gasteiger charge is 2.17. The lowest BCUT2D eigenvalue weighted by Crippen LogP contribution is -2.37. The van der Waals surface area contributed by atoms with Crippen LogP contribution in [0.15, 0.2) is 18.2 Å². The van der Waals surface area contributed by atoms with Gasteiger partial charge in [0, 0.05) is 13.0 Å². The van der Waals surface area contributed by atoms with Gasteiger partial charge in [-0.25, -0.2) is 0 Å². The number of ether oxygens (including phenoxy) is 1. The van der Waals surface area contributed by atoms with E-state index in [1.165, 1.54) is 0 Å². The van der Waals surface area contributed by atoms with Gasteiger partial charge in [-0.3, -0.25) is 9.59 Å². The van der Waals surface area contributed by atoms with Gasteiger partial charge in [0.15, 0.2) is 6.10 Å². The van der Waals surface area contributed by atoms with Crippen LogP contribution in [0.3, 0.4) is 0 Å². The summed E-state index contributed by atoms with van der Waals surface area (Å²) in [7, 11) is 0. The smallest absolute Gasteiger partial charge is 0.303 e. The van der Waals surface area contributed by atoms with Crippen molar-refractivity contribution in [2.75, 3.05) is 6.54 Å². The Kier molecular flexibility index (Phi) is 8.30. The minimum absolute atomic E-state index is 0.149. The van der Waals surface area contributed by atoms with Crippen LogP contribution in [0.5, 0.6) is 5.75 Å². The minimum atomic E-state index is -0.778. The summed E-state index contributed by atoms with van der Waals surface area (Å²) in [5, 5.41) is 11.4. The van der Waals surface area contributed by atoms with E-state index in [1.54, 1.807) is 6.92 Å². The second kappa shape index (κ2) is 9.96. The summed E-state index contributed by atoms with van der Waals surface area (Å²) in [5.41, 5.74) is 2.19. The molecular formula is C19H29NO4. The maximum Gasteiger partial charge on any atom is 0.303 e. The zero-order valence-corrected chi connectivity index (χ0v) is 15.1. The van der Waals surface area contributed by atoms with Gasteiger partial charge in [0.1, 0.15) is 5.75 Å². The summed E-state index contributed by atoms with van der Waals surface area (Å²) in [5.74, 6) is 0.156. The lowest BCUT2D eigenvalue weighted by molar-refractivity contribution is -0.137. The number of carbonyl (C=O) groups excluding carboxylic acids is 1. The van der Waals surface area contributed by atoms with Crippen molar-refractivity contribution in [2.45, 2.75) is 65.4 Å². The second-order valence-electron chi connectivity index (χ2n) is 6.45. The first-order valence-electron chi connectivity index (χ1n) is 8.58. The predicted octanol–water partition coefficient (Wildman–Crippen LogP) is 3.65. The van der Waals surface area contributed by atoms with Gasteiger partial charge >= 0.3 is 5.97 Å². The van der Waals surface area contributed by atoms with Gasteiger partial charge in [0.2, 0.25) is 0 Å². The highest BCUT2D eigenvalue weighted by atomic mass is 16.5. The maximum atomic E-state index is 12.1. The van der Waals surface area contributed by atoms with E-state index >= 15 is 0 Å². The summed E-state index contributed by atoms with van der Waals surface area (Å²) in [6, 6.07) is 6.05. The Labute approximate surface area is 144 Å². The molecule has 0 radical (unpaired) electrons. The van der Waals surface area contributed by atoms with Crippen molar-refractivity contribution in [1.29, 1.82) is 0 Å². The molecule has 0 aliphatic rings. The molecule has 5 nitrogen and oxygen atoms in total. The number of rotatable bonds is 10. The van der Waals surface area contributed by atoms with Gasteiger partial charge in [-0.15, -0.1) is 0 Å². The zero-order chi connectivity index (χ0) is 18.1. The fourth-order valence-electron chi connectivity index (χ4n) is 2.40. The first kappa shape index (κ1) is 20.0. The van der Waals surface area contributed by atoms with Crippen LogP contribution in [0.4, 0.5) is 0 Å². The average molecular weight is 335 g/mol. The van der Waals surface area contributed by atoms with E-state index in [0.29, 0.717) is 18.9 Å². The molecule has 24 heavy (non-hydrogen) atoms. The number of amides is 1. The van der Waals surface area contributed by atoms with Crippen LogP contribution in [0.1, 0.15) is 63.5 Å². The molecule has 0 bridgehead atoms. The largest absolute Gasteiger partial charge is 0.481 e. The molecule has 0 saturated carbocycles. The molecule has 0 aromatic heterocycles. The number of carboxylic acid groups (broad SMARTS) is 1. The van der Waals surface area contributed by atoms with E-state index in [1.807, 2.05) is 25.1 Å². The van der Waals surface area contributed by atoms with E-state index in [9.17, 15) is 9.59 Å². The van der Waals surface area contributed by atoms with Crippen molar-refractivity contribution in [3.05, 3.63) is 29.3 Å². The van der Waals surface area contributed by atoms with Gasteiger partial charge in [-0.05, 0) is 49.8 Å². The fraction of sp³-hybridized carbons (Fsp3) is 0.579. The van der Waals surface area contributed by atoms with E-state index in [0.717, 1.165) is 29.7 Å². The predicted molar refractivity (Wildman–Crippen MR) is 94.5 cm³/mol. The maximum absolute atomic E-state index is 12.1. The van der Waals surface area contributed by atoms with E-state index < -0.39 is 12.1 Å². The summed E-state index contributed by atoms with van der Waals surface area (Å²) in [6.45, 7) is 8.47. The third-order valence-corrected chi connectivity index (χ3v) is 3.83. The topological polar surface area (TPSA) is 75.6 Å². The Balaban J connectivity index is 2.44. The lowest BCUT2D eigenvalue weighted by atomic mass is 10.0. The molecule has 2 N–H and O–H groups in total. The van der Waals surface area contributed by atoms with Crippen molar-refractivity contribution >= 4 is 11.9 Å². The number of aryl methyl sites for hydroxylation is 1. The molecule has 1 aromatic rings. The summed E-state index contributed by atoms with van der Waals surface area (Å²) < 4.78 is 5.87. The molecule has 134 valence electrons. The first-order valence-corrected chi connectivity index (χ1v) is 8.58. The van der Waals surface area contributed by atoms with Gasteiger partial charge in [0.25, 0.3) is 5.91 Å². The van der Waals surface area contributed by atoms with Crippen LogP contribution in [-0.2, 0) is 9.59 Å². The third-order valence-electron chi connectivity index (χ3n) is 3.83. The first-order chi connectivity index (χ1) is 11.3. The number of unbranched alkanes of at least 4 members (excludes halogenated alkanes) is 2. The summed E-state index contributed by atoms with van der Waals surface area (Å²) in [4.78, 5) is 22.5. The molecule has 0 aliphatic carbocycles. The van der Waals surface area contributed by atoms with Gasteiger partial charge < -0.3 is 15.2 Å². The third kappa shape index (κ3) is 7.02. The molecule has 5 heteroatoms. The number of hydrogen-bond donors (Lipinski definition) is 2. The molecule has 0 saturated heterocycles. The van der Waals surface area contributed by atoms with Crippen molar-refractivity contribution in [2.24, 2.45) is 0 Å². The van der Waals surface area contributed by atoms with E-state index in [2.05, 4.69) is 19.2 Å². The zero-order valence-electron chi connectivity index (χ0n) is 15.1. The molecule has 1 atom stereocenters. The fourth-order valence-corrected chi connectivity index (χ4v) is 2.40. The van der Waals surface area contributed by atoms with Crippen molar-refractivity contribution in [3.8, 4) is 5.75 Å². The van der Waals surface area contributed by atoms with E-state index in [-0.39, 0.29) is 12.3 Å². The molecule has 1 aromatic carbocycles. The number of carbonyl (C=O) groups is 2. The summed E-state index contributed by atoms with van der Waals surface area (Å²) >= 11 is 0. The number of hydrogen-bond acceptors (Lipinski definition) is 3. The summed E-state index contributed by atoms with van der Waals surface area (Å²) in [6.07, 6.45) is 1.81. The van der Waals surface area contributed by atoms with E-state index in [4.69, 9.17) is 9.84 Å². The van der Waals surface area contributed by atoms with Crippen LogP contribution in [0.25, 0.3) is 0 Å². The van der Waals surface area contributed by atoms with Crippen molar-refractivity contribution in [1.82, 2.24) is 5.32 Å². The Morgan fingerprint density at radius 3 is 2.50 bits per heavy atom. The van der Waals surface area contributed by atoms with Crippen LogP contribution in [0.2, 0.25) is 0 Å². The molecule has 0 fully saturated rings. The molecule has 1 amide bonds. The molecule has 0 spiro atoms. The standard InChI is InChI=1S/C19H29NO4/c1-13(2)16-10-9-14(3)12-17(16)24-15(4)19(23)20-11-7-5-6-8-18(21)22/h9-10,12-13,15H,5-8,11H2,1-4H3,(H,20,23)(H,21,22). The van der Waals surface area contributed by atoms with Gasteiger partial charge in [-0.2, -0.15) is 0 Å². The monoisotopic (exact) mass is 335 g/mol. The lowest BCUT2D eigenvalue weighted by Gasteiger charge is -2.19. The highest BCUT2D eigenvalue weighted by molar-refractivity contribution is 5.80. The second-order valence-corrected chi connectivity index (χ2v) is 6.45.